The normalized spacial score (nSPS) is 35.4. The summed E-state index contributed by atoms with van der Waals surface area (Å²) < 4.78 is 0. The van der Waals surface area contributed by atoms with Gasteiger partial charge in [0.1, 0.15) is 0 Å². The second kappa shape index (κ2) is 5.72. The number of H-pyrrole nitrogens is 1. The molecule has 2 aliphatic carbocycles. The van der Waals surface area contributed by atoms with Crippen LogP contribution in [0.1, 0.15) is 64.5 Å². The van der Waals surface area contributed by atoms with Gasteiger partial charge in [0.2, 0.25) is 0 Å². The zero-order valence-corrected chi connectivity index (χ0v) is 16.0. The lowest BCUT2D eigenvalue weighted by atomic mass is 9.69. The van der Waals surface area contributed by atoms with Crippen LogP contribution in [-0.4, -0.2) is 39.1 Å². The lowest BCUT2D eigenvalue weighted by Crippen LogP contribution is -2.52. The number of nitrogens with zero attached hydrogens (tertiary/aromatic N) is 2. The number of nitrogens with one attached hydrogen (secondary N) is 2. The maximum Gasteiger partial charge on any atom is 0.169 e. The summed E-state index contributed by atoms with van der Waals surface area (Å²) in [6, 6.07) is 0.545. The Kier molecular flexibility index (Phi) is 3.90. The van der Waals surface area contributed by atoms with Crippen LogP contribution in [-0.2, 0) is 0 Å². The van der Waals surface area contributed by atoms with Gasteiger partial charge in [0.15, 0.2) is 5.11 Å². The van der Waals surface area contributed by atoms with E-state index in [1.807, 2.05) is 6.20 Å². The predicted octanol–water partition coefficient (Wildman–Crippen LogP) is 3.68. The molecule has 0 aromatic carbocycles. The van der Waals surface area contributed by atoms with E-state index in [1.54, 1.807) is 6.33 Å². The Morgan fingerprint density at radius 1 is 1.29 bits per heavy atom. The molecule has 2 heterocycles. The van der Waals surface area contributed by atoms with Crippen LogP contribution in [0.25, 0.3) is 0 Å². The van der Waals surface area contributed by atoms with Crippen LogP contribution in [0.15, 0.2) is 12.5 Å². The molecule has 1 saturated heterocycles. The van der Waals surface area contributed by atoms with Gasteiger partial charge in [-0.15, -0.1) is 0 Å². The molecule has 2 N–H and O–H groups in total. The Morgan fingerprint density at radius 2 is 2.04 bits per heavy atom. The number of aromatic amines is 1. The van der Waals surface area contributed by atoms with Crippen LogP contribution < -0.4 is 5.32 Å². The second-order valence-electron chi connectivity index (χ2n) is 8.88. The van der Waals surface area contributed by atoms with E-state index in [1.165, 1.54) is 25.0 Å². The van der Waals surface area contributed by atoms with E-state index >= 15 is 0 Å². The molecular formula is C19H30N4S. The summed E-state index contributed by atoms with van der Waals surface area (Å²) in [5.74, 6) is 1.46. The Morgan fingerprint density at radius 3 is 2.58 bits per heavy atom. The van der Waals surface area contributed by atoms with Gasteiger partial charge in [0.05, 0.1) is 6.33 Å². The van der Waals surface area contributed by atoms with Gasteiger partial charge in [-0.25, -0.2) is 4.98 Å². The van der Waals surface area contributed by atoms with Gasteiger partial charge in [0, 0.05) is 36.9 Å². The molecule has 3 fully saturated rings. The van der Waals surface area contributed by atoms with Crippen molar-refractivity contribution < 1.29 is 0 Å². The van der Waals surface area contributed by atoms with Crippen molar-refractivity contribution in [2.24, 2.45) is 16.7 Å². The van der Waals surface area contributed by atoms with Gasteiger partial charge < -0.3 is 15.2 Å². The van der Waals surface area contributed by atoms with Crippen LogP contribution in [0.5, 0.6) is 0 Å². The predicted molar refractivity (Wildman–Crippen MR) is 101 cm³/mol. The summed E-state index contributed by atoms with van der Waals surface area (Å²) in [4.78, 5) is 9.80. The van der Waals surface area contributed by atoms with E-state index < -0.39 is 0 Å². The van der Waals surface area contributed by atoms with Crippen molar-refractivity contribution in [3.8, 4) is 0 Å². The van der Waals surface area contributed by atoms with E-state index in [-0.39, 0.29) is 0 Å². The highest BCUT2D eigenvalue weighted by Crippen LogP contribution is 2.65. The first-order valence-corrected chi connectivity index (χ1v) is 9.86. The Bertz CT molecular complexity index is 603. The number of piperidine rings is 1. The SMILES string of the molecule is CC1(C)[C@@H]2CC[C@@]1(C)[C@@H](NC(=S)N1CCC(c3cnc[nH]3)CC1)C2. The van der Waals surface area contributed by atoms with Crippen molar-refractivity contribution in [3.63, 3.8) is 0 Å². The van der Waals surface area contributed by atoms with Gasteiger partial charge in [-0.1, -0.05) is 20.8 Å². The third-order valence-electron chi connectivity index (χ3n) is 7.83. The van der Waals surface area contributed by atoms with Crippen molar-refractivity contribution in [2.75, 3.05) is 13.1 Å². The molecule has 132 valence electrons. The molecule has 0 amide bonds. The number of hydrogen-bond donors (Lipinski definition) is 2. The summed E-state index contributed by atoms with van der Waals surface area (Å²) in [5.41, 5.74) is 2.10. The van der Waals surface area contributed by atoms with Crippen molar-refractivity contribution in [3.05, 3.63) is 18.2 Å². The lowest BCUT2D eigenvalue weighted by molar-refractivity contribution is 0.127. The molecule has 5 heteroatoms. The molecule has 0 radical (unpaired) electrons. The standard InChI is InChI=1S/C19H30N4S/c1-18(2)14-4-7-19(18,3)16(10-14)22-17(24)23-8-5-13(6-9-23)15-11-20-12-21-15/h11-14,16H,4-10H2,1-3H3,(H,20,21)(H,22,24)/t14-,16+,19+/m1/s1. The summed E-state index contributed by atoms with van der Waals surface area (Å²) in [5, 5.41) is 4.74. The molecule has 4 rings (SSSR count). The summed E-state index contributed by atoms with van der Waals surface area (Å²) in [6.45, 7) is 9.50. The topological polar surface area (TPSA) is 44.0 Å². The van der Waals surface area contributed by atoms with Gasteiger partial charge in [-0.2, -0.15) is 0 Å². The highest BCUT2D eigenvalue weighted by atomic mass is 32.1. The number of likely N-dealkylation sites (tertiary alicyclic amines) is 1. The molecule has 0 spiro atoms. The second-order valence-corrected chi connectivity index (χ2v) is 9.27. The largest absolute Gasteiger partial charge is 0.359 e. The molecular weight excluding hydrogens is 316 g/mol. The quantitative estimate of drug-likeness (QED) is 0.802. The molecule has 0 unspecified atom stereocenters. The number of fused-ring (bicyclic) bond motifs is 2. The first kappa shape index (κ1) is 16.4. The zero-order chi connectivity index (χ0) is 16.9. The van der Waals surface area contributed by atoms with Crippen LogP contribution in [0, 0.1) is 16.7 Å². The monoisotopic (exact) mass is 346 g/mol. The van der Waals surface area contributed by atoms with Crippen molar-refractivity contribution >= 4 is 17.3 Å². The highest BCUT2D eigenvalue weighted by Gasteiger charge is 2.61. The third-order valence-corrected chi connectivity index (χ3v) is 8.21. The highest BCUT2D eigenvalue weighted by molar-refractivity contribution is 7.80. The van der Waals surface area contributed by atoms with Gasteiger partial charge in [0.25, 0.3) is 0 Å². The van der Waals surface area contributed by atoms with E-state index in [0.29, 0.717) is 22.8 Å². The number of hydrogen-bond acceptors (Lipinski definition) is 2. The minimum atomic E-state index is 0.385. The fourth-order valence-electron chi connectivity index (χ4n) is 5.55. The Labute approximate surface area is 150 Å². The van der Waals surface area contributed by atoms with Gasteiger partial charge in [-0.05, 0) is 61.1 Å². The first-order valence-electron chi connectivity index (χ1n) is 9.45. The first-order chi connectivity index (χ1) is 11.4. The minimum Gasteiger partial charge on any atom is -0.359 e. The zero-order valence-electron chi connectivity index (χ0n) is 15.1. The average molecular weight is 347 g/mol. The van der Waals surface area contributed by atoms with Crippen molar-refractivity contribution in [1.29, 1.82) is 0 Å². The van der Waals surface area contributed by atoms with E-state index in [0.717, 1.165) is 37.0 Å². The van der Waals surface area contributed by atoms with E-state index in [4.69, 9.17) is 12.2 Å². The van der Waals surface area contributed by atoms with Gasteiger partial charge in [-0.3, -0.25) is 0 Å². The van der Waals surface area contributed by atoms with Crippen molar-refractivity contribution in [2.45, 2.75) is 64.8 Å². The molecule has 4 nitrogen and oxygen atoms in total. The van der Waals surface area contributed by atoms with Crippen LogP contribution in [0.2, 0.25) is 0 Å². The Balaban J connectivity index is 1.35. The molecule has 3 aliphatic rings. The molecule has 2 saturated carbocycles. The van der Waals surface area contributed by atoms with E-state index in [2.05, 4.69) is 41.0 Å². The number of thiocarbonyl (C=S) groups is 1. The summed E-state index contributed by atoms with van der Waals surface area (Å²) >= 11 is 5.78. The Hall–Kier alpha value is -1.10. The molecule has 24 heavy (non-hydrogen) atoms. The minimum absolute atomic E-state index is 0.385. The van der Waals surface area contributed by atoms with Crippen LogP contribution in [0.3, 0.4) is 0 Å². The number of aromatic nitrogens is 2. The fraction of sp³-hybridized carbons (Fsp3) is 0.789. The van der Waals surface area contributed by atoms with Crippen molar-refractivity contribution in [1.82, 2.24) is 20.2 Å². The maximum absolute atomic E-state index is 5.78. The van der Waals surface area contributed by atoms with Crippen LogP contribution >= 0.6 is 12.2 Å². The average Bonchev–Trinajstić information content (AvgIpc) is 3.22. The third kappa shape index (κ3) is 2.39. The molecule has 1 aromatic heterocycles. The number of rotatable bonds is 2. The molecule has 1 aromatic rings. The maximum atomic E-state index is 5.78. The smallest absolute Gasteiger partial charge is 0.169 e. The number of imidazole rings is 1. The molecule has 3 atom stereocenters. The summed E-state index contributed by atoms with van der Waals surface area (Å²) in [7, 11) is 0. The lowest BCUT2D eigenvalue weighted by Gasteiger charge is -2.42. The van der Waals surface area contributed by atoms with Gasteiger partial charge >= 0.3 is 0 Å². The summed E-state index contributed by atoms with van der Waals surface area (Å²) in [6.07, 6.45) is 10.1. The molecule has 2 bridgehead atoms. The van der Waals surface area contributed by atoms with E-state index in [9.17, 15) is 0 Å². The fourth-order valence-corrected chi connectivity index (χ4v) is 5.87. The van der Waals surface area contributed by atoms with Crippen LogP contribution in [0.4, 0.5) is 0 Å². The molecule has 1 aliphatic heterocycles.